The van der Waals surface area contributed by atoms with Gasteiger partial charge in [-0.3, -0.25) is 0 Å². The summed E-state index contributed by atoms with van der Waals surface area (Å²) < 4.78 is 0. The molecule has 0 amide bonds. The molecule has 2 fully saturated rings. The van der Waals surface area contributed by atoms with Crippen LogP contribution in [0.4, 0.5) is 0 Å². The molecule has 2 aliphatic carbocycles. The first kappa shape index (κ1) is 19.3. The van der Waals surface area contributed by atoms with Crippen LogP contribution in [0.2, 0.25) is 0 Å². The lowest BCUT2D eigenvalue weighted by atomic mass is 9.80. The molecule has 0 unspecified atom stereocenters. The predicted molar refractivity (Wildman–Crippen MR) is 116 cm³/mol. The average molecular weight is 373 g/mol. The minimum absolute atomic E-state index is 0.663. The predicted octanol–water partition coefficient (Wildman–Crippen LogP) is 6.65. The van der Waals surface area contributed by atoms with Crippen molar-refractivity contribution in [1.29, 1.82) is 0 Å². The van der Waals surface area contributed by atoms with Gasteiger partial charge in [-0.15, -0.1) is 6.42 Å². The Hall–Kier alpha value is -2.04. The van der Waals surface area contributed by atoms with Crippen LogP contribution >= 0.6 is 0 Å². The monoisotopic (exact) mass is 372 g/mol. The maximum absolute atomic E-state index is 11.3. The lowest BCUT2D eigenvalue weighted by molar-refractivity contribution is 0.145. The summed E-state index contributed by atoms with van der Waals surface area (Å²) in [4.78, 5) is 0. The molecule has 0 spiro atoms. The van der Waals surface area contributed by atoms with Crippen molar-refractivity contribution >= 4 is 0 Å². The van der Waals surface area contributed by atoms with E-state index in [1.165, 1.54) is 75.3 Å². The lowest BCUT2D eigenvalue weighted by Gasteiger charge is -2.27. The van der Waals surface area contributed by atoms with Crippen molar-refractivity contribution in [3.8, 4) is 12.3 Å². The van der Waals surface area contributed by atoms with Gasteiger partial charge in [0, 0.05) is 11.1 Å². The molecule has 0 radical (unpaired) electrons. The topological polar surface area (TPSA) is 20.2 Å². The van der Waals surface area contributed by atoms with E-state index in [4.69, 9.17) is 6.42 Å². The molecule has 2 aromatic carbocycles. The van der Waals surface area contributed by atoms with E-state index in [9.17, 15) is 5.11 Å². The molecular weight excluding hydrogens is 340 g/mol. The number of rotatable bonds is 4. The van der Waals surface area contributed by atoms with E-state index in [0.29, 0.717) is 11.8 Å². The summed E-state index contributed by atoms with van der Waals surface area (Å²) >= 11 is 0. The molecule has 1 N–H and O–H groups in total. The quantitative estimate of drug-likeness (QED) is 0.596. The molecule has 2 aromatic rings. The second kappa shape index (κ2) is 8.54. The van der Waals surface area contributed by atoms with Gasteiger partial charge in [0.2, 0.25) is 0 Å². The van der Waals surface area contributed by atoms with Gasteiger partial charge >= 0.3 is 0 Å². The van der Waals surface area contributed by atoms with Crippen molar-refractivity contribution in [2.75, 3.05) is 0 Å². The molecule has 4 rings (SSSR count). The molecule has 0 saturated heterocycles. The molecule has 146 valence electrons. The summed E-state index contributed by atoms with van der Waals surface area (Å²) in [5.74, 6) is 3.99. The second-order valence-corrected chi connectivity index (χ2v) is 8.77. The zero-order valence-corrected chi connectivity index (χ0v) is 16.9. The van der Waals surface area contributed by atoms with Crippen LogP contribution in [-0.4, -0.2) is 5.11 Å². The second-order valence-electron chi connectivity index (χ2n) is 8.77. The molecule has 28 heavy (non-hydrogen) atoms. The van der Waals surface area contributed by atoms with Gasteiger partial charge < -0.3 is 5.11 Å². The molecule has 2 saturated carbocycles. The third-order valence-electron chi connectivity index (χ3n) is 7.02. The van der Waals surface area contributed by atoms with Crippen LogP contribution in [0.5, 0.6) is 0 Å². The number of hydrogen-bond donors (Lipinski definition) is 1. The van der Waals surface area contributed by atoms with Crippen molar-refractivity contribution in [2.24, 2.45) is 0 Å². The molecule has 0 bridgehead atoms. The SMILES string of the molecule is C#CC(O)(c1ccc(C2CCCCC2)cc1)c1ccc(C2CCCCC2)cc1. The third kappa shape index (κ3) is 3.89. The van der Waals surface area contributed by atoms with Crippen LogP contribution in [0.1, 0.15) is 98.3 Å². The molecule has 2 aliphatic rings. The Kier molecular flexibility index (Phi) is 5.88. The standard InChI is InChI=1S/C27H32O/c1-2-27(28,25-17-13-23(14-18-25)21-9-5-3-6-10-21)26-19-15-24(16-20-26)22-11-7-4-8-12-22/h1,13-22,28H,3-12H2. The Morgan fingerprint density at radius 1 is 0.643 bits per heavy atom. The zero-order chi connectivity index (χ0) is 19.4. The summed E-state index contributed by atoms with van der Waals surface area (Å²) in [7, 11) is 0. The third-order valence-corrected chi connectivity index (χ3v) is 7.02. The molecule has 0 aromatic heterocycles. The van der Waals surface area contributed by atoms with E-state index >= 15 is 0 Å². The maximum atomic E-state index is 11.3. The number of aliphatic hydroxyl groups is 1. The van der Waals surface area contributed by atoms with E-state index in [2.05, 4.69) is 30.2 Å². The fourth-order valence-electron chi connectivity index (χ4n) is 5.20. The van der Waals surface area contributed by atoms with Gasteiger partial charge in [-0.1, -0.05) is 93.0 Å². The van der Waals surface area contributed by atoms with Crippen molar-refractivity contribution in [1.82, 2.24) is 0 Å². The van der Waals surface area contributed by atoms with Crippen molar-refractivity contribution in [2.45, 2.75) is 81.6 Å². The van der Waals surface area contributed by atoms with Gasteiger partial charge in [0.15, 0.2) is 5.60 Å². The zero-order valence-electron chi connectivity index (χ0n) is 16.9. The Bertz CT molecular complexity index is 735. The van der Waals surface area contributed by atoms with E-state index < -0.39 is 5.60 Å². The van der Waals surface area contributed by atoms with Gasteiger partial charge in [0.25, 0.3) is 0 Å². The van der Waals surface area contributed by atoms with Crippen LogP contribution in [0.15, 0.2) is 48.5 Å². The number of benzene rings is 2. The van der Waals surface area contributed by atoms with Crippen LogP contribution in [0.3, 0.4) is 0 Å². The van der Waals surface area contributed by atoms with E-state index in [1.54, 1.807) is 0 Å². The van der Waals surface area contributed by atoms with Crippen molar-refractivity contribution in [3.05, 3.63) is 70.8 Å². The van der Waals surface area contributed by atoms with Crippen molar-refractivity contribution < 1.29 is 5.11 Å². The van der Waals surface area contributed by atoms with E-state index in [0.717, 1.165) is 11.1 Å². The first-order chi connectivity index (χ1) is 13.7. The van der Waals surface area contributed by atoms with Gasteiger partial charge in [0.05, 0.1) is 0 Å². The Balaban J connectivity index is 1.55. The lowest BCUT2D eigenvalue weighted by Crippen LogP contribution is -2.25. The van der Waals surface area contributed by atoms with Gasteiger partial charge in [-0.2, -0.15) is 0 Å². The molecule has 1 heteroatoms. The first-order valence-corrected chi connectivity index (χ1v) is 11.1. The highest BCUT2D eigenvalue weighted by molar-refractivity contribution is 5.45. The largest absolute Gasteiger partial charge is 0.369 e. The average Bonchev–Trinajstić information content (AvgIpc) is 2.80. The maximum Gasteiger partial charge on any atom is 0.176 e. The molecule has 0 aliphatic heterocycles. The Morgan fingerprint density at radius 2 is 1.00 bits per heavy atom. The summed E-state index contributed by atoms with van der Waals surface area (Å²) in [5, 5.41) is 11.3. The van der Waals surface area contributed by atoms with Gasteiger partial charge in [-0.25, -0.2) is 0 Å². The highest BCUT2D eigenvalue weighted by Gasteiger charge is 2.30. The van der Waals surface area contributed by atoms with Crippen LogP contribution < -0.4 is 0 Å². The van der Waals surface area contributed by atoms with Crippen LogP contribution in [0.25, 0.3) is 0 Å². The number of terminal acetylenes is 1. The normalized spacial score (nSPS) is 19.3. The van der Waals surface area contributed by atoms with E-state index in [-0.39, 0.29) is 0 Å². The van der Waals surface area contributed by atoms with Crippen LogP contribution in [-0.2, 0) is 5.60 Å². The highest BCUT2D eigenvalue weighted by atomic mass is 16.3. The summed E-state index contributed by atoms with van der Waals surface area (Å²) in [6, 6.07) is 16.8. The fraction of sp³-hybridized carbons (Fsp3) is 0.481. The summed E-state index contributed by atoms with van der Waals surface area (Å²) in [6.07, 6.45) is 19.0. The fourth-order valence-corrected chi connectivity index (χ4v) is 5.20. The molecule has 1 nitrogen and oxygen atoms in total. The Morgan fingerprint density at radius 3 is 1.32 bits per heavy atom. The smallest absolute Gasteiger partial charge is 0.176 e. The van der Waals surface area contributed by atoms with Crippen LogP contribution in [0, 0.1) is 12.3 Å². The summed E-state index contributed by atoms with van der Waals surface area (Å²) in [6.45, 7) is 0. The molecule has 0 atom stereocenters. The summed E-state index contributed by atoms with van der Waals surface area (Å²) in [5.41, 5.74) is 2.99. The van der Waals surface area contributed by atoms with Gasteiger partial charge in [0.1, 0.15) is 0 Å². The van der Waals surface area contributed by atoms with Gasteiger partial charge in [-0.05, 0) is 48.6 Å². The first-order valence-electron chi connectivity index (χ1n) is 11.1. The number of hydrogen-bond acceptors (Lipinski definition) is 1. The van der Waals surface area contributed by atoms with Crippen molar-refractivity contribution in [3.63, 3.8) is 0 Å². The Labute approximate surface area is 170 Å². The minimum atomic E-state index is -1.36. The minimum Gasteiger partial charge on any atom is -0.369 e. The molecule has 0 heterocycles. The highest BCUT2D eigenvalue weighted by Crippen LogP contribution is 2.37. The van der Waals surface area contributed by atoms with E-state index in [1.807, 2.05) is 24.3 Å². The molecular formula is C27H32O.